The zero-order chi connectivity index (χ0) is 23.4. The molecule has 2 aromatic carbocycles. The minimum Gasteiger partial charge on any atom is -0.353 e. The van der Waals surface area contributed by atoms with Crippen LogP contribution >= 0.6 is 11.8 Å². The van der Waals surface area contributed by atoms with Gasteiger partial charge in [-0.3, -0.25) is 9.59 Å². The van der Waals surface area contributed by atoms with Crippen LogP contribution < -0.4 is 10.6 Å². The summed E-state index contributed by atoms with van der Waals surface area (Å²) in [6, 6.07) is 19.0. The Labute approximate surface area is 198 Å². The van der Waals surface area contributed by atoms with Crippen LogP contribution in [0.15, 0.2) is 88.0 Å². The van der Waals surface area contributed by atoms with Gasteiger partial charge in [-0.15, -0.1) is 0 Å². The van der Waals surface area contributed by atoms with Gasteiger partial charge in [-0.05, 0) is 43.4 Å². The summed E-state index contributed by atoms with van der Waals surface area (Å²) in [5.74, 6) is -0.235. The van der Waals surface area contributed by atoms with Crippen molar-refractivity contribution >= 4 is 34.4 Å². The molecule has 2 heterocycles. The number of hydrogen-bond donors (Lipinski definition) is 2. The highest BCUT2D eigenvalue weighted by molar-refractivity contribution is 8.16. The Hall–Kier alpha value is -3.32. The number of amides is 2. The summed E-state index contributed by atoms with van der Waals surface area (Å²) < 4.78 is 0. The molecule has 0 aliphatic carbocycles. The Bertz CT molecular complexity index is 1130. The number of fused-ring (bicyclic) bond motifs is 1. The predicted molar refractivity (Wildman–Crippen MR) is 134 cm³/mol. The summed E-state index contributed by atoms with van der Waals surface area (Å²) in [6.45, 7) is 5.91. The Morgan fingerprint density at radius 3 is 2.42 bits per heavy atom. The number of thioether (sulfide) groups is 1. The lowest BCUT2D eigenvalue weighted by atomic mass is 9.93. The minimum absolute atomic E-state index is 0.0363. The van der Waals surface area contributed by atoms with Gasteiger partial charge in [-0.25, -0.2) is 4.99 Å². The summed E-state index contributed by atoms with van der Waals surface area (Å²) in [5, 5.41) is 8.80. The minimum atomic E-state index is -0.375. The predicted octanol–water partition coefficient (Wildman–Crippen LogP) is 5.21. The van der Waals surface area contributed by atoms with Crippen LogP contribution in [0.5, 0.6) is 0 Å². The van der Waals surface area contributed by atoms with Gasteiger partial charge in [0.1, 0.15) is 0 Å². The largest absolute Gasteiger partial charge is 0.353 e. The van der Waals surface area contributed by atoms with E-state index >= 15 is 0 Å². The lowest BCUT2D eigenvalue weighted by molar-refractivity contribution is -0.121. The molecule has 2 atom stereocenters. The Kier molecular flexibility index (Phi) is 6.99. The van der Waals surface area contributed by atoms with Crippen molar-refractivity contribution in [2.45, 2.75) is 45.7 Å². The maximum absolute atomic E-state index is 13.5. The monoisotopic (exact) mass is 460 g/mol. The van der Waals surface area contributed by atoms with Crippen LogP contribution in [0.3, 0.4) is 0 Å². The molecule has 2 amide bonds. The van der Waals surface area contributed by atoms with Crippen molar-refractivity contribution < 1.29 is 9.59 Å². The summed E-state index contributed by atoms with van der Waals surface area (Å²) in [4.78, 5) is 33.0. The van der Waals surface area contributed by atoms with Gasteiger partial charge in [0.05, 0.1) is 23.7 Å². The first-order valence-corrected chi connectivity index (χ1v) is 12.0. The summed E-state index contributed by atoms with van der Waals surface area (Å²) in [5.41, 5.74) is 3.78. The molecule has 0 radical (unpaired) electrons. The molecule has 2 unspecified atom stereocenters. The second-order valence-corrected chi connectivity index (χ2v) is 9.01. The highest BCUT2D eigenvalue weighted by atomic mass is 32.2. The molecular formula is C26H28N4O2S. The first-order chi connectivity index (χ1) is 16.0. The van der Waals surface area contributed by atoms with E-state index in [1.807, 2.05) is 91.7 Å². The second-order valence-electron chi connectivity index (χ2n) is 8.18. The van der Waals surface area contributed by atoms with Gasteiger partial charge in [0.15, 0.2) is 5.17 Å². The molecule has 0 aromatic heterocycles. The molecule has 2 aliphatic heterocycles. The van der Waals surface area contributed by atoms with E-state index in [2.05, 4.69) is 10.6 Å². The lowest BCUT2D eigenvalue weighted by Gasteiger charge is -2.36. The van der Waals surface area contributed by atoms with Crippen LogP contribution in [-0.2, 0) is 9.59 Å². The van der Waals surface area contributed by atoms with Crippen LogP contribution in [-0.4, -0.2) is 27.9 Å². The van der Waals surface area contributed by atoms with E-state index in [-0.39, 0.29) is 30.3 Å². The lowest BCUT2D eigenvalue weighted by Crippen LogP contribution is -2.39. The summed E-state index contributed by atoms with van der Waals surface area (Å²) in [7, 11) is 0. The number of hydrogen-bond acceptors (Lipinski definition) is 5. The Morgan fingerprint density at radius 2 is 1.76 bits per heavy atom. The van der Waals surface area contributed by atoms with Gasteiger partial charge in [0.25, 0.3) is 5.91 Å². The van der Waals surface area contributed by atoms with Crippen LogP contribution in [0.25, 0.3) is 0 Å². The van der Waals surface area contributed by atoms with E-state index in [1.54, 1.807) is 0 Å². The molecular weight excluding hydrogens is 432 g/mol. The number of benzene rings is 2. The third-order valence-electron chi connectivity index (χ3n) is 5.75. The first kappa shape index (κ1) is 22.9. The standard InChI is InChI=1S/C26H28N4O2S/c1-4-17(2)27-22(31)15-21-16-33-26-28-18(3)23(25(32)29-20-13-9-6-10-14-20)24(30(21)26)19-11-7-5-8-12-19/h5-14,16-17,24H,4,15H2,1-3H3,(H,27,31)(H,29,32). The Balaban J connectivity index is 1.68. The number of para-hydroxylation sites is 1. The van der Waals surface area contributed by atoms with Crippen LogP contribution in [0.2, 0.25) is 0 Å². The molecule has 2 aliphatic rings. The van der Waals surface area contributed by atoms with Crippen molar-refractivity contribution in [1.29, 1.82) is 0 Å². The van der Waals surface area contributed by atoms with Crippen molar-refractivity contribution in [3.8, 4) is 0 Å². The number of nitrogens with zero attached hydrogens (tertiary/aromatic N) is 2. The van der Waals surface area contributed by atoms with Crippen molar-refractivity contribution in [3.63, 3.8) is 0 Å². The van der Waals surface area contributed by atoms with E-state index in [1.165, 1.54) is 11.8 Å². The summed E-state index contributed by atoms with van der Waals surface area (Å²) in [6.07, 6.45) is 1.10. The van der Waals surface area contributed by atoms with Crippen molar-refractivity contribution in [1.82, 2.24) is 10.2 Å². The first-order valence-electron chi connectivity index (χ1n) is 11.1. The van der Waals surface area contributed by atoms with E-state index < -0.39 is 0 Å². The highest BCUT2D eigenvalue weighted by Crippen LogP contribution is 2.44. The molecule has 33 heavy (non-hydrogen) atoms. The number of carbonyl (C=O) groups excluding carboxylic acids is 2. The topological polar surface area (TPSA) is 73.8 Å². The molecule has 0 saturated carbocycles. The molecule has 0 bridgehead atoms. The molecule has 2 N–H and O–H groups in total. The quantitative estimate of drug-likeness (QED) is 0.595. The number of allylic oxidation sites excluding steroid dienone is 1. The smallest absolute Gasteiger partial charge is 0.255 e. The maximum atomic E-state index is 13.5. The van der Waals surface area contributed by atoms with Crippen molar-refractivity contribution in [2.75, 3.05) is 5.32 Å². The number of aliphatic imine (C=N–C) groups is 1. The molecule has 170 valence electrons. The van der Waals surface area contributed by atoms with Gasteiger partial charge >= 0.3 is 0 Å². The molecule has 2 aromatic rings. The van der Waals surface area contributed by atoms with Crippen molar-refractivity contribution in [3.05, 3.63) is 88.6 Å². The van der Waals surface area contributed by atoms with E-state index in [0.717, 1.165) is 28.5 Å². The molecule has 7 heteroatoms. The van der Waals surface area contributed by atoms with E-state index in [0.29, 0.717) is 11.3 Å². The number of nitrogens with one attached hydrogen (secondary N) is 2. The number of carbonyl (C=O) groups is 2. The van der Waals surface area contributed by atoms with Crippen LogP contribution in [0, 0.1) is 0 Å². The van der Waals surface area contributed by atoms with E-state index in [9.17, 15) is 9.59 Å². The number of rotatable bonds is 7. The van der Waals surface area contributed by atoms with Gasteiger partial charge < -0.3 is 15.5 Å². The average molecular weight is 461 g/mol. The Morgan fingerprint density at radius 1 is 1.09 bits per heavy atom. The average Bonchev–Trinajstić information content (AvgIpc) is 3.20. The fourth-order valence-corrected chi connectivity index (χ4v) is 4.89. The number of anilines is 1. The maximum Gasteiger partial charge on any atom is 0.255 e. The third kappa shape index (κ3) is 5.03. The van der Waals surface area contributed by atoms with Crippen LogP contribution in [0.4, 0.5) is 5.69 Å². The van der Waals surface area contributed by atoms with Gasteiger partial charge in [-0.2, -0.15) is 0 Å². The van der Waals surface area contributed by atoms with Gasteiger partial charge in [-0.1, -0.05) is 67.2 Å². The van der Waals surface area contributed by atoms with Crippen molar-refractivity contribution in [2.24, 2.45) is 4.99 Å². The molecule has 4 rings (SSSR count). The third-order valence-corrected chi connectivity index (χ3v) is 6.64. The molecule has 0 fully saturated rings. The fraction of sp³-hybridized carbons (Fsp3) is 0.269. The zero-order valence-electron chi connectivity index (χ0n) is 19.0. The van der Waals surface area contributed by atoms with Gasteiger partial charge in [0.2, 0.25) is 5.91 Å². The SMILES string of the molecule is CCC(C)NC(=O)CC1=CSC2=NC(C)=C(C(=O)Nc3ccccc3)C(c3ccccc3)N12. The number of amidine groups is 1. The zero-order valence-corrected chi connectivity index (χ0v) is 19.9. The highest BCUT2D eigenvalue weighted by Gasteiger charge is 2.40. The fourth-order valence-electron chi connectivity index (χ4n) is 3.92. The summed E-state index contributed by atoms with van der Waals surface area (Å²) >= 11 is 1.49. The molecule has 0 saturated heterocycles. The van der Waals surface area contributed by atoms with E-state index in [4.69, 9.17) is 4.99 Å². The molecule has 6 nitrogen and oxygen atoms in total. The van der Waals surface area contributed by atoms with Gasteiger partial charge in [0, 0.05) is 17.4 Å². The normalized spacial score (nSPS) is 18.3. The molecule has 0 spiro atoms. The van der Waals surface area contributed by atoms with Crippen LogP contribution in [0.1, 0.15) is 45.2 Å². The second kappa shape index (κ2) is 10.1.